The third-order valence-electron chi connectivity index (χ3n) is 0.946. The third-order valence-corrected chi connectivity index (χ3v) is 1.34. The summed E-state index contributed by atoms with van der Waals surface area (Å²) in [7, 11) is 1.21. The molecule has 0 atom stereocenters. The van der Waals surface area contributed by atoms with Crippen LogP contribution < -0.4 is 0 Å². The van der Waals surface area contributed by atoms with Crippen molar-refractivity contribution in [3.05, 3.63) is 0 Å². The third kappa shape index (κ3) is 7.87. The second-order valence-corrected chi connectivity index (χ2v) is 2.92. The molecule has 0 radical (unpaired) electrons. The number of hydrogen-bond acceptors (Lipinski definition) is 4. The molecule has 0 aliphatic rings. The summed E-state index contributed by atoms with van der Waals surface area (Å²) in [6.07, 6.45) is 0.746. The molecule has 0 heterocycles. The minimum atomic E-state index is -2.65. The van der Waals surface area contributed by atoms with Gasteiger partial charge in [-0.2, -0.15) is 0 Å². The van der Waals surface area contributed by atoms with Crippen molar-refractivity contribution < 1.29 is 12.6 Å². The van der Waals surface area contributed by atoms with Gasteiger partial charge in [0.15, 0.2) is 0 Å². The SMILES string of the molecule is CN(C)CCCO[SH](=O)=O. The van der Waals surface area contributed by atoms with Crippen LogP contribution in [-0.4, -0.2) is 40.6 Å². The van der Waals surface area contributed by atoms with Gasteiger partial charge in [-0.25, -0.2) is 8.42 Å². The Balaban J connectivity index is 3.06. The largest absolute Gasteiger partial charge is 0.309 e. The molecule has 0 fully saturated rings. The van der Waals surface area contributed by atoms with Crippen LogP contribution in [0.2, 0.25) is 0 Å². The lowest BCUT2D eigenvalue weighted by atomic mass is 10.4. The summed E-state index contributed by atoms with van der Waals surface area (Å²) in [5.41, 5.74) is 0. The quantitative estimate of drug-likeness (QED) is 0.442. The number of thiol groups is 1. The topological polar surface area (TPSA) is 46.6 Å². The molecule has 0 saturated carbocycles. The molecule has 0 aromatic carbocycles. The molecule has 0 aromatic heterocycles. The first kappa shape index (κ1) is 9.87. The fourth-order valence-corrected chi connectivity index (χ4v) is 0.798. The van der Waals surface area contributed by atoms with Crippen LogP contribution in [0.5, 0.6) is 0 Å². The van der Waals surface area contributed by atoms with Gasteiger partial charge >= 0.3 is 0 Å². The monoisotopic (exact) mass is 167 g/mol. The maximum absolute atomic E-state index is 9.85. The molecular weight excluding hydrogens is 154 g/mol. The Morgan fingerprint density at radius 1 is 1.40 bits per heavy atom. The van der Waals surface area contributed by atoms with Crippen LogP contribution >= 0.6 is 0 Å². The Kier molecular flexibility index (Phi) is 5.57. The van der Waals surface area contributed by atoms with E-state index in [1.807, 2.05) is 19.0 Å². The second kappa shape index (κ2) is 5.64. The molecule has 0 amide bonds. The molecule has 0 aliphatic heterocycles. The predicted octanol–water partition coefficient (Wildman–Crippen LogP) is -0.519. The van der Waals surface area contributed by atoms with Crippen molar-refractivity contribution in [3.63, 3.8) is 0 Å². The van der Waals surface area contributed by atoms with Gasteiger partial charge in [0.2, 0.25) is 0 Å². The van der Waals surface area contributed by atoms with E-state index in [4.69, 9.17) is 0 Å². The van der Waals surface area contributed by atoms with Crippen molar-refractivity contribution in [2.24, 2.45) is 0 Å². The lowest BCUT2D eigenvalue weighted by Crippen LogP contribution is -2.14. The average molecular weight is 167 g/mol. The molecule has 0 N–H and O–H groups in total. The van der Waals surface area contributed by atoms with Crippen LogP contribution in [0.1, 0.15) is 6.42 Å². The van der Waals surface area contributed by atoms with Gasteiger partial charge in [-0.05, 0) is 27.1 Å². The van der Waals surface area contributed by atoms with Gasteiger partial charge in [0.1, 0.15) is 0 Å². The zero-order chi connectivity index (χ0) is 7.98. The van der Waals surface area contributed by atoms with E-state index < -0.39 is 11.0 Å². The fourth-order valence-electron chi connectivity index (χ4n) is 0.520. The number of hydrogen-bond donors (Lipinski definition) is 1. The van der Waals surface area contributed by atoms with E-state index in [-0.39, 0.29) is 6.61 Å². The van der Waals surface area contributed by atoms with Gasteiger partial charge in [0.25, 0.3) is 11.0 Å². The van der Waals surface area contributed by atoms with E-state index in [1.54, 1.807) is 0 Å². The molecular formula is C5H13NO3S. The summed E-state index contributed by atoms with van der Waals surface area (Å²) in [5.74, 6) is 0. The molecule has 62 valence electrons. The number of rotatable bonds is 5. The van der Waals surface area contributed by atoms with Gasteiger partial charge in [-0.3, -0.25) is 4.18 Å². The molecule has 0 spiro atoms. The van der Waals surface area contributed by atoms with Crippen molar-refractivity contribution in [1.82, 2.24) is 4.90 Å². The smallest absolute Gasteiger partial charge is 0.257 e. The van der Waals surface area contributed by atoms with Crippen molar-refractivity contribution in [2.45, 2.75) is 6.42 Å². The van der Waals surface area contributed by atoms with Crippen LogP contribution in [0.4, 0.5) is 0 Å². The molecule has 0 saturated heterocycles. The Morgan fingerprint density at radius 2 is 2.00 bits per heavy atom. The van der Waals surface area contributed by atoms with Crippen molar-refractivity contribution in [1.29, 1.82) is 0 Å². The van der Waals surface area contributed by atoms with Crippen LogP contribution in [0, 0.1) is 0 Å². The molecule has 0 rings (SSSR count). The Labute approximate surface area is 62.9 Å². The molecule has 4 nitrogen and oxygen atoms in total. The first-order chi connectivity index (χ1) is 4.63. The van der Waals surface area contributed by atoms with Crippen LogP contribution in [-0.2, 0) is 15.2 Å². The van der Waals surface area contributed by atoms with E-state index in [9.17, 15) is 8.42 Å². The molecule has 0 aromatic rings. The van der Waals surface area contributed by atoms with Gasteiger partial charge < -0.3 is 4.90 Å². The molecule has 10 heavy (non-hydrogen) atoms. The van der Waals surface area contributed by atoms with Crippen molar-refractivity contribution in [3.8, 4) is 0 Å². The van der Waals surface area contributed by atoms with E-state index in [0.717, 1.165) is 13.0 Å². The molecule has 0 aliphatic carbocycles. The summed E-state index contributed by atoms with van der Waals surface area (Å²) in [4.78, 5) is 1.97. The van der Waals surface area contributed by atoms with Gasteiger partial charge in [0.05, 0.1) is 6.61 Å². The highest BCUT2D eigenvalue weighted by atomic mass is 32.2. The zero-order valence-corrected chi connectivity index (χ0v) is 7.13. The van der Waals surface area contributed by atoms with Gasteiger partial charge in [-0.1, -0.05) is 0 Å². The van der Waals surface area contributed by atoms with Gasteiger partial charge in [0, 0.05) is 0 Å². The highest BCUT2D eigenvalue weighted by Crippen LogP contribution is 1.84. The normalized spacial score (nSPS) is 11.2. The van der Waals surface area contributed by atoms with Crippen LogP contribution in [0.3, 0.4) is 0 Å². The maximum Gasteiger partial charge on any atom is 0.257 e. The summed E-state index contributed by atoms with van der Waals surface area (Å²) >= 11 is 0. The van der Waals surface area contributed by atoms with E-state index >= 15 is 0 Å². The summed E-state index contributed by atoms with van der Waals surface area (Å²) in [6.45, 7) is 1.14. The van der Waals surface area contributed by atoms with Crippen LogP contribution in [0.25, 0.3) is 0 Å². The Morgan fingerprint density at radius 3 is 2.40 bits per heavy atom. The van der Waals surface area contributed by atoms with Gasteiger partial charge in [-0.15, -0.1) is 0 Å². The summed E-state index contributed by atoms with van der Waals surface area (Å²) in [6, 6.07) is 0. The highest BCUT2D eigenvalue weighted by Gasteiger charge is 1.90. The molecule has 0 bridgehead atoms. The predicted molar refractivity (Wildman–Crippen MR) is 39.4 cm³/mol. The Hall–Kier alpha value is -0.130. The van der Waals surface area contributed by atoms with Crippen molar-refractivity contribution >= 4 is 11.0 Å². The average Bonchev–Trinajstić information content (AvgIpc) is 1.79. The second-order valence-electron chi connectivity index (χ2n) is 2.21. The minimum absolute atomic E-state index is 0.289. The summed E-state index contributed by atoms with van der Waals surface area (Å²) < 4.78 is 24.0. The lowest BCUT2D eigenvalue weighted by molar-refractivity contribution is 0.294. The fraction of sp³-hybridized carbons (Fsp3) is 1.00. The first-order valence-corrected chi connectivity index (χ1v) is 4.14. The highest BCUT2D eigenvalue weighted by molar-refractivity contribution is 7.67. The lowest BCUT2D eigenvalue weighted by Gasteiger charge is -2.06. The van der Waals surface area contributed by atoms with E-state index in [2.05, 4.69) is 4.18 Å². The Bertz CT molecular complexity index is 136. The number of nitrogens with zero attached hydrogens (tertiary/aromatic N) is 1. The van der Waals surface area contributed by atoms with Crippen molar-refractivity contribution in [2.75, 3.05) is 27.2 Å². The maximum atomic E-state index is 9.85. The summed E-state index contributed by atoms with van der Waals surface area (Å²) in [5, 5.41) is 0. The van der Waals surface area contributed by atoms with E-state index in [1.165, 1.54) is 0 Å². The standard InChI is InChI=1S/C5H13NO3S/c1-6(2)4-3-5-9-10(7)8/h10H,3-5H2,1-2H3. The van der Waals surface area contributed by atoms with E-state index in [0.29, 0.717) is 0 Å². The van der Waals surface area contributed by atoms with Crippen LogP contribution in [0.15, 0.2) is 0 Å². The zero-order valence-electron chi connectivity index (χ0n) is 6.24. The minimum Gasteiger partial charge on any atom is -0.309 e. The molecule has 5 heteroatoms. The first-order valence-electron chi connectivity index (χ1n) is 3.05. The molecule has 0 unspecified atom stereocenters.